The third-order valence-electron chi connectivity index (χ3n) is 9.32. The lowest BCUT2D eigenvalue weighted by Crippen LogP contribution is -2.53. The number of hydrogen-bond acceptors (Lipinski definition) is 4. The average molecular weight is 588 g/mol. The lowest BCUT2D eigenvalue weighted by Gasteiger charge is -2.41. The fourth-order valence-corrected chi connectivity index (χ4v) is 7.00. The Bertz CT molecular complexity index is 1240. The maximum absolute atomic E-state index is 11.9. The van der Waals surface area contributed by atoms with Crippen molar-refractivity contribution in [1.29, 1.82) is 0 Å². The summed E-state index contributed by atoms with van der Waals surface area (Å²) >= 11 is 0. The van der Waals surface area contributed by atoms with Gasteiger partial charge < -0.3 is 24.9 Å². The van der Waals surface area contributed by atoms with Gasteiger partial charge in [0.15, 0.2) is 0 Å². The van der Waals surface area contributed by atoms with Gasteiger partial charge in [-0.25, -0.2) is 9.36 Å². The molecule has 2 atom stereocenters. The molecule has 0 spiro atoms. The van der Waals surface area contributed by atoms with Crippen molar-refractivity contribution in [2.45, 2.75) is 104 Å². The third-order valence-corrected chi connectivity index (χ3v) is 9.79. The number of phosphoric ester groups is 1. The smallest absolute Gasteiger partial charge is 0.469 e. The molecule has 4 rings (SSSR count). The molecule has 1 saturated carbocycles. The van der Waals surface area contributed by atoms with Gasteiger partial charge in [0.2, 0.25) is 0 Å². The molecular weight excluding hydrogens is 541 g/mol. The zero-order valence-electron chi connectivity index (χ0n) is 24.8. The Kier molecular flexibility index (Phi) is 9.90. The topological polar surface area (TPSA) is 125 Å². The first-order chi connectivity index (χ1) is 19.2. The molecule has 2 aromatic carbocycles. The lowest BCUT2D eigenvalue weighted by molar-refractivity contribution is 0.0881. The van der Waals surface area contributed by atoms with Gasteiger partial charge in [-0.3, -0.25) is 4.52 Å². The number of carboxylic acid groups (broad SMARTS) is 1. The number of amides is 1. The van der Waals surface area contributed by atoms with Gasteiger partial charge >= 0.3 is 13.9 Å². The highest BCUT2D eigenvalue weighted by molar-refractivity contribution is 7.46. The van der Waals surface area contributed by atoms with Crippen molar-refractivity contribution in [3.8, 4) is 5.75 Å². The Morgan fingerprint density at radius 1 is 0.951 bits per heavy atom. The van der Waals surface area contributed by atoms with Gasteiger partial charge in [-0.15, -0.1) is 0 Å². The van der Waals surface area contributed by atoms with Crippen LogP contribution >= 0.6 is 7.82 Å². The van der Waals surface area contributed by atoms with E-state index in [-0.39, 0.29) is 18.6 Å². The number of fused-ring (bicyclic) bond motifs is 1. The van der Waals surface area contributed by atoms with Crippen molar-refractivity contribution in [3.63, 3.8) is 0 Å². The minimum absolute atomic E-state index is 0.101. The summed E-state index contributed by atoms with van der Waals surface area (Å²) in [6, 6.07) is 13.7. The van der Waals surface area contributed by atoms with Crippen LogP contribution in [0.3, 0.4) is 0 Å². The second-order valence-corrected chi connectivity index (χ2v) is 14.4. The van der Waals surface area contributed by atoms with Crippen LogP contribution in [0.2, 0.25) is 0 Å². The van der Waals surface area contributed by atoms with E-state index in [2.05, 4.69) is 44.3 Å². The van der Waals surface area contributed by atoms with Gasteiger partial charge in [0.25, 0.3) is 0 Å². The molecule has 2 aliphatic rings. The van der Waals surface area contributed by atoms with Crippen LogP contribution in [-0.4, -0.2) is 32.6 Å². The Morgan fingerprint density at radius 3 is 2.27 bits per heavy atom. The summed E-state index contributed by atoms with van der Waals surface area (Å²) in [6.45, 7) is 8.75. The molecule has 0 aliphatic heterocycles. The maximum Gasteiger partial charge on any atom is 0.469 e. The van der Waals surface area contributed by atoms with Crippen molar-refractivity contribution < 1.29 is 33.5 Å². The van der Waals surface area contributed by atoms with Gasteiger partial charge in [0, 0.05) is 5.54 Å². The van der Waals surface area contributed by atoms with Crippen molar-refractivity contribution in [2.75, 3.05) is 0 Å². The van der Waals surface area contributed by atoms with Crippen LogP contribution in [0.5, 0.6) is 5.75 Å². The van der Waals surface area contributed by atoms with E-state index in [0.29, 0.717) is 23.8 Å². The summed E-state index contributed by atoms with van der Waals surface area (Å²) < 4.78 is 22.4. The largest absolute Gasteiger partial charge is 0.490 e. The van der Waals surface area contributed by atoms with E-state index >= 15 is 0 Å². The van der Waals surface area contributed by atoms with E-state index in [1.54, 1.807) is 12.1 Å². The van der Waals surface area contributed by atoms with Gasteiger partial charge in [-0.2, -0.15) is 0 Å². The molecule has 0 radical (unpaired) electrons. The fourth-order valence-electron chi connectivity index (χ4n) is 6.69. The van der Waals surface area contributed by atoms with Gasteiger partial charge in [0.1, 0.15) is 5.75 Å². The highest BCUT2D eigenvalue weighted by Crippen LogP contribution is 2.41. The second kappa shape index (κ2) is 12.9. The van der Waals surface area contributed by atoms with E-state index in [9.17, 15) is 14.5 Å². The van der Waals surface area contributed by atoms with Crippen molar-refractivity contribution in [3.05, 3.63) is 64.7 Å². The summed E-state index contributed by atoms with van der Waals surface area (Å²) in [5, 5.41) is 12.5. The molecule has 4 N–H and O–H groups in total. The quantitative estimate of drug-likeness (QED) is 0.220. The van der Waals surface area contributed by atoms with Crippen LogP contribution in [0.4, 0.5) is 4.79 Å². The number of carbonyl (C=O) groups is 1. The molecule has 0 bridgehead atoms. The molecule has 41 heavy (non-hydrogen) atoms. The standard InChI is InChI=1S/C32H46NO7P/c1-31(2,3)26-12-15-28(16-13-26)40-29-14-10-23-19-27(11-9-24(23)20-29)32(4,33-30(34)35)18-17-22-7-5-6-8-25(22)21-39-41(36,37)38/h5-8,10,14,20,26-28,33H,9,11-13,15-19,21H2,1-4H3,(H,34,35)(H2,36,37,38)/t26?,27-,28?,32-/m1/s1. The predicted molar refractivity (Wildman–Crippen MR) is 159 cm³/mol. The summed E-state index contributed by atoms with van der Waals surface area (Å²) in [5.41, 5.74) is 3.75. The van der Waals surface area contributed by atoms with Crippen LogP contribution < -0.4 is 10.1 Å². The Labute approximate surface area is 244 Å². The zero-order valence-corrected chi connectivity index (χ0v) is 25.7. The van der Waals surface area contributed by atoms with Crippen molar-refractivity contribution in [1.82, 2.24) is 5.32 Å². The van der Waals surface area contributed by atoms with E-state index in [0.717, 1.165) is 49.3 Å². The van der Waals surface area contributed by atoms with Crippen LogP contribution in [-0.2, 0) is 35.0 Å². The Hall–Kier alpha value is -2.38. The third kappa shape index (κ3) is 8.81. The minimum atomic E-state index is -4.60. The molecule has 8 nitrogen and oxygen atoms in total. The van der Waals surface area contributed by atoms with Crippen LogP contribution in [0, 0.1) is 17.3 Å². The van der Waals surface area contributed by atoms with E-state index < -0.39 is 19.5 Å². The molecule has 0 unspecified atom stereocenters. The number of hydrogen-bond donors (Lipinski definition) is 4. The summed E-state index contributed by atoms with van der Waals surface area (Å²) in [7, 11) is -4.60. The molecule has 9 heteroatoms. The molecule has 0 saturated heterocycles. The molecule has 1 fully saturated rings. The number of benzene rings is 2. The zero-order chi connectivity index (χ0) is 29.8. The van der Waals surface area contributed by atoms with Gasteiger partial charge in [-0.05, 0) is 116 Å². The van der Waals surface area contributed by atoms with Gasteiger partial charge in [-0.1, -0.05) is 51.1 Å². The summed E-state index contributed by atoms with van der Waals surface area (Å²) in [5.74, 6) is 1.78. The first kappa shape index (κ1) is 31.6. The Morgan fingerprint density at radius 2 is 1.63 bits per heavy atom. The molecule has 2 aromatic rings. The molecule has 1 amide bonds. The van der Waals surface area contributed by atoms with Crippen LogP contribution in [0.25, 0.3) is 0 Å². The number of phosphoric acid groups is 1. The van der Waals surface area contributed by atoms with Crippen molar-refractivity contribution in [2.24, 2.45) is 17.3 Å². The normalized spacial score (nSPS) is 22.8. The molecule has 0 aromatic heterocycles. The fraction of sp³-hybridized carbons (Fsp3) is 0.594. The molecular formula is C32H46NO7P. The Balaban J connectivity index is 1.41. The molecule has 2 aliphatic carbocycles. The van der Waals surface area contributed by atoms with E-state index in [4.69, 9.17) is 19.0 Å². The highest BCUT2D eigenvalue weighted by Gasteiger charge is 2.38. The van der Waals surface area contributed by atoms with Crippen LogP contribution in [0.1, 0.15) is 88.5 Å². The van der Waals surface area contributed by atoms with E-state index in [1.807, 2.05) is 19.1 Å². The molecule has 0 heterocycles. The predicted octanol–water partition coefficient (Wildman–Crippen LogP) is 7.04. The SMILES string of the molecule is CC(C)(C)C1CCC(Oc2ccc3c(c2)CC[C@@H]([C@@](C)(CCc2ccccc2COP(=O)(O)O)NC(=O)O)C3)CC1. The summed E-state index contributed by atoms with van der Waals surface area (Å²) in [6.07, 6.45) is 7.38. The second-order valence-electron chi connectivity index (χ2n) is 13.2. The first-order valence-corrected chi connectivity index (χ1v) is 16.3. The van der Waals surface area contributed by atoms with E-state index in [1.165, 1.54) is 24.0 Å². The minimum Gasteiger partial charge on any atom is -0.490 e. The maximum atomic E-state index is 11.9. The number of nitrogens with one attached hydrogen (secondary N) is 1. The number of rotatable bonds is 10. The number of ether oxygens (including phenoxy) is 1. The monoisotopic (exact) mass is 587 g/mol. The van der Waals surface area contributed by atoms with Gasteiger partial charge in [0.05, 0.1) is 12.7 Å². The van der Waals surface area contributed by atoms with Crippen LogP contribution in [0.15, 0.2) is 42.5 Å². The average Bonchev–Trinajstić information content (AvgIpc) is 2.90. The molecule has 226 valence electrons. The highest BCUT2D eigenvalue weighted by atomic mass is 31.2. The number of aryl methyl sites for hydroxylation is 2. The summed E-state index contributed by atoms with van der Waals surface area (Å²) in [4.78, 5) is 30.1. The van der Waals surface area contributed by atoms with Crippen molar-refractivity contribution >= 4 is 13.9 Å². The lowest BCUT2D eigenvalue weighted by atomic mass is 9.71. The first-order valence-electron chi connectivity index (χ1n) is 14.8.